The quantitative estimate of drug-likeness (QED) is 0.228. The van der Waals surface area contributed by atoms with Crippen molar-refractivity contribution in [1.29, 1.82) is 0 Å². The number of anilines is 1. The van der Waals surface area contributed by atoms with E-state index in [0.717, 1.165) is 16.8 Å². The molecule has 0 radical (unpaired) electrons. The Morgan fingerprint density at radius 2 is 1.89 bits per heavy atom. The number of aromatic hydroxyl groups is 1. The van der Waals surface area contributed by atoms with Crippen LogP contribution in [0.2, 0.25) is 0 Å². The lowest BCUT2D eigenvalue weighted by atomic mass is 9.95. The van der Waals surface area contributed by atoms with Crippen LogP contribution in [0, 0.1) is 5.82 Å². The van der Waals surface area contributed by atoms with Crippen molar-refractivity contribution in [2.75, 3.05) is 11.5 Å². The molecular formula is C26H19FN2O5S. The van der Waals surface area contributed by atoms with E-state index in [1.54, 1.807) is 30.3 Å². The molecule has 7 nitrogen and oxygen atoms in total. The monoisotopic (exact) mass is 490 g/mol. The highest BCUT2D eigenvalue weighted by molar-refractivity contribution is 7.22. The molecule has 35 heavy (non-hydrogen) atoms. The number of aromatic nitrogens is 1. The number of benzene rings is 3. The van der Waals surface area contributed by atoms with Crippen LogP contribution in [-0.2, 0) is 9.59 Å². The highest BCUT2D eigenvalue weighted by Gasteiger charge is 2.48. The molecular weight excluding hydrogens is 471 g/mol. The first-order valence-corrected chi connectivity index (χ1v) is 11.6. The Hall–Kier alpha value is -4.24. The number of amides is 1. The summed E-state index contributed by atoms with van der Waals surface area (Å²) in [7, 11) is 0. The zero-order valence-corrected chi connectivity index (χ0v) is 19.3. The number of carbonyl (C=O) groups excluding carboxylic acids is 2. The lowest BCUT2D eigenvalue weighted by molar-refractivity contribution is -0.132. The summed E-state index contributed by atoms with van der Waals surface area (Å²) in [5.74, 6) is -2.15. The molecule has 9 heteroatoms. The maximum Gasteiger partial charge on any atom is 0.301 e. The van der Waals surface area contributed by atoms with E-state index in [0.29, 0.717) is 23.4 Å². The number of ketones is 1. The Morgan fingerprint density at radius 1 is 1.11 bits per heavy atom. The fraction of sp³-hybridized carbons (Fsp3) is 0.115. The highest BCUT2D eigenvalue weighted by atomic mass is 32.1. The molecule has 1 unspecified atom stereocenters. The number of hydrogen-bond acceptors (Lipinski definition) is 7. The van der Waals surface area contributed by atoms with Gasteiger partial charge >= 0.3 is 5.91 Å². The van der Waals surface area contributed by atoms with Crippen LogP contribution in [0.5, 0.6) is 11.5 Å². The number of phenols is 1. The summed E-state index contributed by atoms with van der Waals surface area (Å²) in [6, 6.07) is 15.3. The van der Waals surface area contributed by atoms with Gasteiger partial charge in [-0.2, -0.15) is 0 Å². The molecule has 1 fully saturated rings. The number of phenolic OH excluding ortho intramolecular Hbond substituents is 1. The number of ether oxygens (including phenoxy) is 1. The average molecular weight is 491 g/mol. The van der Waals surface area contributed by atoms with Crippen molar-refractivity contribution in [3.8, 4) is 11.5 Å². The molecule has 5 rings (SSSR count). The van der Waals surface area contributed by atoms with Crippen molar-refractivity contribution in [1.82, 2.24) is 4.98 Å². The zero-order valence-electron chi connectivity index (χ0n) is 18.4. The molecule has 0 bridgehead atoms. The maximum absolute atomic E-state index is 13.4. The van der Waals surface area contributed by atoms with Gasteiger partial charge in [0, 0.05) is 5.56 Å². The fourth-order valence-corrected chi connectivity index (χ4v) is 5.08. The predicted molar refractivity (Wildman–Crippen MR) is 130 cm³/mol. The Labute approximate surface area is 203 Å². The predicted octanol–water partition coefficient (Wildman–Crippen LogP) is 5.17. The largest absolute Gasteiger partial charge is 0.508 e. The summed E-state index contributed by atoms with van der Waals surface area (Å²) in [5.41, 5.74) is 1.02. The summed E-state index contributed by atoms with van der Waals surface area (Å²) in [6.45, 7) is 2.37. The molecule has 1 saturated heterocycles. The van der Waals surface area contributed by atoms with Crippen molar-refractivity contribution in [3.63, 3.8) is 0 Å². The topological polar surface area (TPSA) is 100.0 Å². The second kappa shape index (κ2) is 8.84. The van der Waals surface area contributed by atoms with Crippen molar-refractivity contribution >= 4 is 44.1 Å². The Kier molecular flexibility index (Phi) is 5.70. The summed E-state index contributed by atoms with van der Waals surface area (Å²) >= 11 is 1.20. The second-order valence-electron chi connectivity index (χ2n) is 7.83. The molecule has 1 aliphatic heterocycles. The van der Waals surface area contributed by atoms with E-state index in [4.69, 9.17) is 4.74 Å². The molecule has 1 amide bonds. The molecule has 176 valence electrons. The van der Waals surface area contributed by atoms with Gasteiger partial charge < -0.3 is 14.9 Å². The van der Waals surface area contributed by atoms with Gasteiger partial charge in [0.15, 0.2) is 5.13 Å². The number of aliphatic hydroxyl groups excluding tert-OH is 1. The first kappa shape index (κ1) is 22.5. The number of nitrogens with zero attached hydrogens (tertiary/aromatic N) is 2. The standard InChI is InChI=1S/C26H19FN2O5S/c1-2-34-18-10-11-19-20(13-18)35-26(28-19)29-22(15-4-3-5-17(30)12-15)21(24(32)25(29)33)23(31)14-6-8-16(27)9-7-14/h3-13,22,30-31H,2H2,1H3. The van der Waals surface area contributed by atoms with E-state index < -0.39 is 29.3 Å². The van der Waals surface area contributed by atoms with Gasteiger partial charge in [-0.05, 0) is 67.1 Å². The van der Waals surface area contributed by atoms with Crippen LogP contribution in [0.4, 0.5) is 9.52 Å². The lowest BCUT2D eigenvalue weighted by Crippen LogP contribution is -2.29. The third kappa shape index (κ3) is 4.00. The summed E-state index contributed by atoms with van der Waals surface area (Å²) in [6.07, 6.45) is 0. The second-order valence-corrected chi connectivity index (χ2v) is 8.84. The lowest BCUT2D eigenvalue weighted by Gasteiger charge is -2.23. The summed E-state index contributed by atoms with van der Waals surface area (Å²) < 4.78 is 19.7. The number of fused-ring (bicyclic) bond motifs is 1. The van der Waals surface area contributed by atoms with Gasteiger partial charge in [-0.25, -0.2) is 9.37 Å². The molecule has 0 spiro atoms. The number of rotatable bonds is 5. The maximum atomic E-state index is 13.4. The number of hydrogen-bond donors (Lipinski definition) is 2. The normalized spacial score (nSPS) is 17.3. The van der Waals surface area contributed by atoms with Crippen LogP contribution in [0.1, 0.15) is 24.1 Å². The van der Waals surface area contributed by atoms with E-state index in [1.807, 2.05) is 6.92 Å². The number of thiazole rings is 1. The van der Waals surface area contributed by atoms with Gasteiger partial charge in [0.1, 0.15) is 23.1 Å². The van der Waals surface area contributed by atoms with Gasteiger partial charge in [0.05, 0.1) is 28.4 Å². The highest BCUT2D eigenvalue weighted by Crippen LogP contribution is 2.45. The van der Waals surface area contributed by atoms with Gasteiger partial charge in [-0.3, -0.25) is 14.5 Å². The Bertz CT molecular complexity index is 1500. The first-order valence-electron chi connectivity index (χ1n) is 10.8. The first-order chi connectivity index (χ1) is 16.9. The molecule has 2 N–H and O–H groups in total. The number of Topliss-reactive ketones (excluding diaryl/α,β-unsaturated/α-hetero) is 1. The van der Waals surface area contributed by atoms with E-state index in [1.165, 1.54) is 40.5 Å². The van der Waals surface area contributed by atoms with Crippen LogP contribution in [-0.4, -0.2) is 33.5 Å². The summed E-state index contributed by atoms with van der Waals surface area (Å²) in [5, 5.41) is 21.4. The van der Waals surface area contributed by atoms with E-state index in [-0.39, 0.29) is 22.0 Å². The van der Waals surface area contributed by atoms with Crippen LogP contribution >= 0.6 is 11.3 Å². The van der Waals surface area contributed by atoms with Crippen LogP contribution in [0.25, 0.3) is 16.0 Å². The number of halogens is 1. The van der Waals surface area contributed by atoms with Crippen molar-refractivity contribution in [2.45, 2.75) is 13.0 Å². The molecule has 2 heterocycles. The third-order valence-electron chi connectivity index (χ3n) is 5.61. The van der Waals surface area contributed by atoms with Gasteiger partial charge in [0.2, 0.25) is 0 Å². The van der Waals surface area contributed by atoms with E-state index in [9.17, 15) is 24.2 Å². The van der Waals surface area contributed by atoms with Gasteiger partial charge in [0.25, 0.3) is 5.78 Å². The molecule has 0 saturated carbocycles. The number of aliphatic hydroxyl groups is 1. The molecule has 3 aromatic carbocycles. The molecule has 4 aromatic rings. The molecule has 1 atom stereocenters. The van der Waals surface area contributed by atoms with Crippen molar-refractivity contribution < 1.29 is 28.9 Å². The average Bonchev–Trinajstić information content (AvgIpc) is 3.37. The van der Waals surface area contributed by atoms with Crippen molar-refractivity contribution in [3.05, 3.63) is 89.2 Å². The minimum Gasteiger partial charge on any atom is -0.508 e. The Morgan fingerprint density at radius 3 is 2.60 bits per heavy atom. The zero-order chi connectivity index (χ0) is 24.7. The molecule has 1 aromatic heterocycles. The minimum atomic E-state index is -1.06. The van der Waals surface area contributed by atoms with Crippen molar-refractivity contribution in [2.24, 2.45) is 0 Å². The SMILES string of the molecule is CCOc1ccc2nc(N3C(=O)C(=O)C(=C(O)c4ccc(F)cc4)C3c3cccc(O)c3)sc2c1. The number of carbonyl (C=O) groups is 2. The minimum absolute atomic E-state index is 0.0690. The molecule has 1 aliphatic rings. The fourth-order valence-electron chi connectivity index (χ4n) is 4.06. The Balaban J connectivity index is 1.70. The van der Waals surface area contributed by atoms with Gasteiger partial charge in [-0.15, -0.1) is 0 Å². The summed E-state index contributed by atoms with van der Waals surface area (Å²) in [4.78, 5) is 32.3. The third-order valence-corrected chi connectivity index (χ3v) is 6.63. The van der Waals surface area contributed by atoms with E-state index in [2.05, 4.69) is 4.98 Å². The van der Waals surface area contributed by atoms with Crippen LogP contribution < -0.4 is 9.64 Å². The molecule has 0 aliphatic carbocycles. The van der Waals surface area contributed by atoms with E-state index >= 15 is 0 Å². The van der Waals surface area contributed by atoms with Gasteiger partial charge in [-0.1, -0.05) is 23.5 Å². The van der Waals surface area contributed by atoms with Crippen LogP contribution in [0.3, 0.4) is 0 Å². The smallest absolute Gasteiger partial charge is 0.301 e. The van der Waals surface area contributed by atoms with Crippen LogP contribution in [0.15, 0.2) is 72.3 Å².